The van der Waals surface area contributed by atoms with Crippen LogP contribution in [0.25, 0.3) is 0 Å². The molecule has 0 aliphatic heterocycles. The maximum atomic E-state index is 10.4. The molecule has 0 saturated carbocycles. The predicted octanol–water partition coefficient (Wildman–Crippen LogP) is 0.815. The van der Waals surface area contributed by atoms with Crippen LogP contribution in [0.3, 0.4) is 0 Å². The highest BCUT2D eigenvalue weighted by atomic mass is 32.2. The Kier molecular flexibility index (Phi) is 2.18. The van der Waals surface area contributed by atoms with E-state index in [1.54, 1.807) is 11.6 Å². The number of thiazole rings is 1. The Bertz CT molecular complexity index is 196. The molecule has 0 fully saturated rings. The van der Waals surface area contributed by atoms with Crippen LogP contribution < -0.4 is 4.18 Å². The van der Waals surface area contributed by atoms with Crippen LogP contribution in [0, 0.1) is 0 Å². The lowest BCUT2D eigenvalue weighted by Gasteiger charge is -1.90. The second kappa shape index (κ2) is 2.93. The largest absolute Gasteiger partial charge is 0.370 e. The lowest BCUT2D eigenvalue weighted by atomic mass is 11.0. The summed E-state index contributed by atoms with van der Waals surface area (Å²) in [5.41, 5.74) is 0. The Morgan fingerprint density at radius 1 is 1.89 bits per heavy atom. The van der Waals surface area contributed by atoms with Crippen molar-refractivity contribution in [3.8, 4) is 5.19 Å². The van der Waals surface area contributed by atoms with Crippen LogP contribution >= 0.6 is 11.3 Å². The van der Waals surface area contributed by atoms with E-state index in [9.17, 15) is 4.21 Å². The zero-order valence-corrected chi connectivity index (χ0v) is 6.37. The molecule has 50 valence electrons. The van der Waals surface area contributed by atoms with Crippen molar-refractivity contribution in [1.82, 2.24) is 4.98 Å². The summed E-state index contributed by atoms with van der Waals surface area (Å²) in [5.74, 6) is 0. The van der Waals surface area contributed by atoms with E-state index in [2.05, 4.69) is 4.98 Å². The predicted molar refractivity (Wildman–Crippen MR) is 36.8 cm³/mol. The van der Waals surface area contributed by atoms with Crippen molar-refractivity contribution in [2.45, 2.75) is 0 Å². The van der Waals surface area contributed by atoms with E-state index in [4.69, 9.17) is 4.18 Å². The molecule has 1 aromatic heterocycles. The number of hydrogen-bond donors (Lipinski definition) is 0. The van der Waals surface area contributed by atoms with E-state index in [0.717, 1.165) is 0 Å². The second-order valence-corrected chi connectivity index (χ2v) is 3.11. The Hall–Kier alpha value is -0.420. The first-order valence-electron chi connectivity index (χ1n) is 2.20. The van der Waals surface area contributed by atoms with Gasteiger partial charge < -0.3 is 4.18 Å². The van der Waals surface area contributed by atoms with Crippen molar-refractivity contribution in [2.75, 3.05) is 6.26 Å². The van der Waals surface area contributed by atoms with Crippen LogP contribution in [0.5, 0.6) is 5.19 Å². The molecule has 0 aromatic carbocycles. The van der Waals surface area contributed by atoms with Gasteiger partial charge in [0.2, 0.25) is 11.1 Å². The minimum absolute atomic E-state index is 0.454. The van der Waals surface area contributed by atoms with E-state index in [0.29, 0.717) is 5.19 Å². The average Bonchev–Trinajstić information content (AvgIpc) is 2.15. The molecule has 0 bridgehead atoms. The molecule has 9 heavy (non-hydrogen) atoms. The third-order valence-electron chi connectivity index (χ3n) is 0.598. The Morgan fingerprint density at radius 2 is 2.67 bits per heavy atom. The Balaban J connectivity index is 2.58. The topological polar surface area (TPSA) is 39.2 Å². The average molecular weight is 163 g/mol. The Labute approximate surface area is 59.4 Å². The van der Waals surface area contributed by atoms with E-state index >= 15 is 0 Å². The molecule has 0 aliphatic rings. The summed E-state index contributed by atoms with van der Waals surface area (Å²) in [4.78, 5) is 3.76. The van der Waals surface area contributed by atoms with Gasteiger partial charge in [0, 0.05) is 17.8 Å². The highest BCUT2D eigenvalue weighted by Crippen LogP contribution is 2.13. The highest BCUT2D eigenvalue weighted by Gasteiger charge is 1.95. The summed E-state index contributed by atoms with van der Waals surface area (Å²) in [6, 6.07) is 0. The number of rotatable bonds is 2. The van der Waals surface area contributed by atoms with Crippen LogP contribution in [0.4, 0.5) is 0 Å². The molecule has 0 N–H and O–H groups in total. The minimum Gasteiger partial charge on any atom is -0.370 e. The first kappa shape index (κ1) is 6.70. The smallest absolute Gasteiger partial charge is 0.288 e. The summed E-state index contributed by atoms with van der Waals surface area (Å²) in [7, 11) is 0. The molecule has 1 atom stereocenters. The van der Waals surface area contributed by atoms with Gasteiger partial charge >= 0.3 is 0 Å². The van der Waals surface area contributed by atoms with Crippen molar-refractivity contribution < 1.29 is 8.39 Å². The minimum atomic E-state index is -1.25. The van der Waals surface area contributed by atoms with Gasteiger partial charge in [0.25, 0.3) is 5.19 Å². The Morgan fingerprint density at radius 3 is 3.11 bits per heavy atom. The van der Waals surface area contributed by atoms with E-state index in [1.165, 1.54) is 17.6 Å². The third kappa shape index (κ3) is 2.11. The van der Waals surface area contributed by atoms with Crippen LogP contribution in [0.2, 0.25) is 0 Å². The van der Waals surface area contributed by atoms with Gasteiger partial charge in [0.15, 0.2) is 0 Å². The zero-order valence-electron chi connectivity index (χ0n) is 4.73. The molecule has 1 rings (SSSR count). The van der Waals surface area contributed by atoms with Crippen molar-refractivity contribution in [1.29, 1.82) is 0 Å². The van der Waals surface area contributed by atoms with Crippen molar-refractivity contribution in [2.24, 2.45) is 0 Å². The molecule has 3 nitrogen and oxygen atoms in total. The number of nitrogens with zero attached hydrogens (tertiary/aromatic N) is 1. The number of hydrogen-bond acceptors (Lipinski definition) is 4. The van der Waals surface area contributed by atoms with Crippen molar-refractivity contribution in [3.05, 3.63) is 11.6 Å². The quantitative estimate of drug-likeness (QED) is 0.647. The van der Waals surface area contributed by atoms with Gasteiger partial charge in [-0.25, -0.2) is 9.19 Å². The molecule has 1 heterocycles. The van der Waals surface area contributed by atoms with Gasteiger partial charge in [0.05, 0.1) is 0 Å². The zero-order chi connectivity index (χ0) is 6.69. The molecule has 0 radical (unpaired) electrons. The monoisotopic (exact) mass is 163 g/mol. The summed E-state index contributed by atoms with van der Waals surface area (Å²) < 4.78 is 15.1. The molecular weight excluding hydrogens is 158 g/mol. The molecular formula is C4H5NO2S2. The molecule has 5 heteroatoms. The van der Waals surface area contributed by atoms with Crippen LogP contribution in [0.15, 0.2) is 11.6 Å². The summed E-state index contributed by atoms with van der Waals surface area (Å²) in [5, 5.41) is 2.22. The van der Waals surface area contributed by atoms with Gasteiger partial charge in [-0.15, -0.1) is 0 Å². The van der Waals surface area contributed by atoms with Gasteiger partial charge in [0.1, 0.15) is 0 Å². The first-order chi connectivity index (χ1) is 4.29. The fourth-order valence-corrected chi connectivity index (χ4v) is 1.40. The standard InChI is InChI=1S/C4H5NO2S2/c1-9(6)7-4-5-2-3-8-4/h2-3H,1H3. The normalized spacial score (nSPS) is 13.0. The van der Waals surface area contributed by atoms with Crippen molar-refractivity contribution >= 4 is 22.4 Å². The van der Waals surface area contributed by atoms with Crippen LogP contribution in [-0.4, -0.2) is 15.4 Å². The van der Waals surface area contributed by atoms with E-state index < -0.39 is 11.1 Å². The van der Waals surface area contributed by atoms with Crippen LogP contribution in [-0.2, 0) is 11.1 Å². The lowest BCUT2D eigenvalue weighted by Crippen LogP contribution is -1.94. The molecule has 0 saturated heterocycles. The first-order valence-corrected chi connectivity index (χ1v) is 4.56. The highest BCUT2D eigenvalue weighted by molar-refractivity contribution is 7.79. The fourth-order valence-electron chi connectivity index (χ4n) is 0.352. The summed E-state index contributed by atoms with van der Waals surface area (Å²) >= 11 is 0.0778. The lowest BCUT2D eigenvalue weighted by molar-refractivity contribution is 0.564. The molecule has 0 aliphatic carbocycles. The third-order valence-corrected chi connectivity index (χ3v) is 1.74. The van der Waals surface area contributed by atoms with Gasteiger partial charge in [-0.3, -0.25) is 0 Å². The van der Waals surface area contributed by atoms with Crippen LogP contribution in [0.1, 0.15) is 0 Å². The van der Waals surface area contributed by atoms with E-state index in [1.807, 2.05) is 0 Å². The summed E-state index contributed by atoms with van der Waals surface area (Å²) in [6.07, 6.45) is 3.06. The second-order valence-electron chi connectivity index (χ2n) is 1.28. The summed E-state index contributed by atoms with van der Waals surface area (Å²) in [6.45, 7) is 0. The molecule has 1 unspecified atom stereocenters. The van der Waals surface area contributed by atoms with Crippen molar-refractivity contribution in [3.63, 3.8) is 0 Å². The molecule has 1 aromatic rings. The molecule has 0 amide bonds. The maximum Gasteiger partial charge on any atom is 0.288 e. The molecule has 0 spiro atoms. The number of aromatic nitrogens is 1. The fraction of sp³-hybridized carbons (Fsp3) is 0.250. The van der Waals surface area contributed by atoms with E-state index in [-0.39, 0.29) is 0 Å². The maximum absolute atomic E-state index is 10.4. The van der Waals surface area contributed by atoms with Gasteiger partial charge in [-0.1, -0.05) is 11.3 Å². The SMILES string of the molecule is CS(=O)Oc1nccs1. The van der Waals surface area contributed by atoms with Gasteiger partial charge in [-0.05, 0) is 0 Å². The van der Waals surface area contributed by atoms with Gasteiger partial charge in [-0.2, -0.15) is 0 Å².